The number of piperidine rings is 1. The molecule has 1 aliphatic heterocycles. The maximum atomic E-state index is 13.0. The van der Waals surface area contributed by atoms with E-state index in [0.717, 1.165) is 24.8 Å². The predicted molar refractivity (Wildman–Crippen MR) is 57.0 cm³/mol. The molecular weight excluding hydrogens is 193 g/mol. The third kappa shape index (κ3) is 2.55. The van der Waals surface area contributed by atoms with Crippen LogP contribution >= 0.6 is 0 Å². The van der Waals surface area contributed by atoms with E-state index in [1.807, 2.05) is 6.07 Å². The van der Waals surface area contributed by atoms with E-state index in [-0.39, 0.29) is 24.5 Å². The molecule has 0 aromatic heterocycles. The van der Waals surface area contributed by atoms with Crippen LogP contribution in [0.1, 0.15) is 30.9 Å². The molecule has 2 rings (SSSR count). The average Bonchev–Trinajstić information content (AvgIpc) is 2.29. The highest BCUT2D eigenvalue weighted by molar-refractivity contribution is 5.20. The number of aliphatic hydroxyl groups excluding tert-OH is 1. The minimum absolute atomic E-state index is 0.159. The van der Waals surface area contributed by atoms with Crippen LogP contribution in [-0.4, -0.2) is 17.8 Å². The minimum atomic E-state index is -0.194. The molecule has 15 heavy (non-hydrogen) atoms. The quantitative estimate of drug-likeness (QED) is 0.780. The second-order valence-electron chi connectivity index (χ2n) is 4.08. The number of benzene rings is 1. The summed E-state index contributed by atoms with van der Waals surface area (Å²) in [5.41, 5.74) is 0.980. The lowest BCUT2D eigenvalue weighted by molar-refractivity contribution is 0.198. The van der Waals surface area contributed by atoms with E-state index in [2.05, 4.69) is 5.32 Å². The Balaban J connectivity index is 2.09. The molecule has 2 atom stereocenters. The van der Waals surface area contributed by atoms with Crippen molar-refractivity contribution in [3.63, 3.8) is 0 Å². The van der Waals surface area contributed by atoms with E-state index in [4.69, 9.17) is 5.11 Å². The summed E-state index contributed by atoms with van der Waals surface area (Å²) in [5.74, 6) is -0.194. The van der Waals surface area contributed by atoms with E-state index in [1.165, 1.54) is 6.07 Å². The molecular formula is C12H16FNO. The fourth-order valence-corrected chi connectivity index (χ4v) is 2.15. The fourth-order valence-electron chi connectivity index (χ4n) is 2.15. The van der Waals surface area contributed by atoms with Gasteiger partial charge in [0.25, 0.3) is 0 Å². The first-order valence-corrected chi connectivity index (χ1v) is 5.42. The summed E-state index contributed by atoms with van der Waals surface area (Å²) < 4.78 is 13.0. The van der Waals surface area contributed by atoms with Gasteiger partial charge < -0.3 is 10.4 Å². The molecule has 0 saturated carbocycles. The first-order chi connectivity index (χ1) is 7.29. The number of rotatable bonds is 2. The maximum Gasteiger partial charge on any atom is 0.123 e. The highest BCUT2D eigenvalue weighted by atomic mass is 19.1. The number of hydrogen-bond acceptors (Lipinski definition) is 2. The van der Waals surface area contributed by atoms with Crippen LogP contribution in [0.25, 0.3) is 0 Å². The van der Waals surface area contributed by atoms with Gasteiger partial charge in [0, 0.05) is 12.1 Å². The highest BCUT2D eigenvalue weighted by Crippen LogP contribution is 2.25. The second kappa shape index (κ2) is 4.73. The van der Waals surface area contributed by atoms with E-state index in [0.29, 0.717) is 0 Å². The molecule has 0 spiro atoms. The van der Waals surface area contributed by atoms with Gasteiger partial charge >= 0.3 is 0 Å². The van der Waals surface area contributed by atoms with Gasteiger partial charge in [-0.2, -0.15) is 0 Å². The van der Waals surface area contributed by atoms with Gasteiger partial charge in [-0.25, -0.2) is 4.39 Å². The molecule has 1 saturated heterocycles. The van der Waals surface area contributed by atoms with E-state index in [9.17, 15) is 4.39 Å². The lowest BCUT2D eigenvalue weighted by Gasteiger charge is -2.30. The fraction of sp³-hybridized carbons (Fsp3) is 0.500. The monoisotopic (exact) mass is 209 g/mol. The lowest BCUT2D eigenvalue weighted by Crippen LogP contribution is -2.39. The normalized spacial score (nSPS) is 26.5. The Bertz CT molecular complexity index is 329. The van der Waals surface area contributed by atoms with Crippen molar-refractivity contribution in [2.75, 3.05) is 6.61 Å². The topological polar surface area (TPSA) is 32.3 Å². The van der Waals surface area contributed by atoms with Crippen molar-refractivity contribution in [3.8, 4) is 0 Å². The molecule has 1 aromatic carbocycles. The molecule has 1 aliphatic rings. The number of halogens is 1. The molecule has 2 N–H and O–H groups in total. The van der Waals surface area contributed by atoms with Gasteiger partial charge in [-0.05, 0) is 37.0 Å². The first kappa shape index (κ1) is 10.6. The van der Waals surface area contributed by atoms with Crippen LogP contribution in [-0.2, 0) is 0 Å². The van der Waals surface area contributed by atoms with Crippen molar-refractivity contribution in [2.24, 2.45) is 0 Å². The zero-order valence-corrected chi connectivity index (χ0v) is 8.62. The third-order valence-electron chi connectivity index (χ3n) is 2.95. The molecule has 1 heterocycles. The van der Waals surface area contributed by atoms with Crippen LogP contribution < -0.4 is 5.32 Å². The molecule has 3 heteroatoms. The molecule has 82 valence electrons. The van der Waals surface area contributed by atoms with Crippen LogP contribution in [0.4, 0.5) is 4.39 Å². The largest absolute Gasteiger partial charge is 0.395 e. The summed E-state index contributed by atoms with van der Waals surface area (Å²) in [7, 11) is 0. The summed E-state index contributed by atoms with van der Waals surface area (Å²) in [6.07, 6.45) is 3.10. The standard InChI is InChI=1S/C12H16FNO/c13-10-4-1-3-9(7-10)12-6-2-5-11(8-15)14-12/h1,3-4,7,11-12,14-15H,2,5-6,8H2. The zero-order valence-electron chi connectivity index (χ0n) is 8.62. The van der Waals surface area contributed by atoms with Crippen molar-refractivity contribution in [2.45, 2.75) is 31.3 Å². The second-order valence-corrected chi connectivity index (χ2v) is 4.08. The SMILES string of the molecule is OCC1CCCC(c2cccc(F)c2)N1. The molecule has 2 nitrogen and oxygen atoms in total. The summed E-state index contributed by atoms with van der Waals surface area (Å²) in [5, 5.41) is 12.4. The predicted octanol–water partition coefficient (Wildman–Crippen LogP) is 2.00. The molecule has 0 amide bonds. The van der Waals surface area contributed by atoms with Crippen molar-refractivity contribution in [3.05, 3.63) is 35.6 Å². The number of nitrogens with one attached hydrogen (secondary N) is 1. The van der Waals surface area contributed by atoms with Gasteiger partial charge in [0.05, 0.1) is 6.61 Å². The van der Waals surface area contributed by atoms with Gasteiger partial charge in [0.1, 0.15) is 5.82 Å². The minimum Gasteiger partial charge on any atom is -0.395 e. The average molecular weight is 209 g/mol. The van der Waals surface area contributed by atoms with Gasteiger partial charge in [-0.1, -0.05) is 12.1 Å². The molecule has 1 aromatic rings. The first-order valence-electron chi connectivity index (χ1n) is 5.42. The Labute approximate surface area is 89.1 Å². The Hall–Kier alpha value is -0.930. The highest BCUT2D eigenvalue weighted by Gasteiger charge is 2.21. The molecule has 0 bridgehead atoms. The molecule has 2 unspecified atom stereocenters. The summed E-state index contributed by atoms with van der Waals surface area (Å²) in [6, 6.07) is 7.03. The van der Waals surface area contributed by atoms with E-state index < -0.39 is 0 Å². The zero-order chi connectivity index (χ0) is 10.7. The summed E-state index contributed by atoms with van der Waals surface area (Å²) in [6.45, 7) is 0.159. The number of hydrogen-bond donors (Lipinski definition) is 2. The van der Waals surface area contributed by atoms with Crippen molar-refractivity contribution in [1.29, 1.82) is 0 Å². The van der Waals surface area contributed by atoms with Crippen LogP contribution in [0, 0.1) is 5.82 Å². The van der Waals surface area contributed by atoms with Crippen LogP contribution in [0.2, 0.25) is 0 Å². The van der Waals surface area contributed by atoms with Crippen molar-refractivity contribution in [1.82, 2.24) is 5.32 Å². The molecule has 0 radical (unpaired) electrons. The number of aliphatic hydroxyl groups is 1. The van der Waals surface area contributed by atoms with Crippen LogP contribution in [0.5, 0.6) is 0 Å². The van der Waals surface area contributed by atoms with Gasteiger partial charge in [0.15, 0.2) is 0 Å². The summed E-state index contributed by atoms with van der Waals surface area (Å²) >= 11 is 0. The van der Waals surface area contributed by atoms with Crippen molar-refractivity contribution >= 4 is 0 Å². The Morgan fingerprint density at radius 2 is 2.27 bits per heavy atom. The summed E-state index contributed by atoms with van der Waals surface area (Å²) in [4.78, 5) is 0. The molecule has 0 aliphatic carbocycles. The Kier molecular flexibility index (Phi) is 3.34. The van der Waals surface area contributed by atoms with Gasteiger partial charge in [-0.3, -0.25) is 0 Å². The third-order valence-corrected chi connectivity index (χ3v) is 2.95. The van der Waals surface area contributed by atoms with Crippen molar-refractivity contribution < 1.29 is 9.50 Å². The molecule has 1 fully saturated rings. The van der Waals surface area contributed by atoms with Gasteiger partial charge in [0.2, 0.25) is 0 Å². The van der Waals surface area contributed by atoms with Crippen LogP contribution in [0.15, 0.2) is 24.3 Å². The van der Waals surface area contributed by atoms with Crippen LogP contribution in [0.3, 0.4) is 0 Å². The van der Waals surface area contributed by atoms with Gasteiger partial charge in [-0.15, -0.1) is 0 Å². The Morgan fingerprint density at radius 3 is 3.00 bits per heavy atom. The van der Waals surface area contributed by atoms with E-state index in [1.54, 1.807) is 12.1 Å². The Morgan fingerprint density at radius 1 is 1.40 bits per heavy atom. The lowest BCUT2D eigenvalue weighted by atomic mass is 9.94. The maximum absolute atomic E-state index is 13.0. The van der Waals surface area contributed by atoms with E-state index >= 15 is 0 Å². The smallest absolute Gasteiger partial charge is 0.123 e.